The standard InChI is InChI=1S/C22H29ClN6O.HI/c1-24-22(25-11-9-18-7-8-20(23)27-17-18)26-12-10-21(30)29-15-13-28(14-16-29)19-5-3-2-4-6-19;/h2-8,17H,9-16H2,1H3,(H2,24,25,26);1H. The van der Waals surface area contributed by atoms with Gasteiger partial charge in [0.25, 0.3) is 0 Å². The summed E-state index contributed by atoms with van der Waals surface area (Å²) in [5.41, 5.74) is 2.32. The van der Waals surface area contributed by atoms with Crippen LogP contribution in [0.5, 0.6) is 0 Å². The van der Waals surface area contributed by atoms with E-state index in [0.717, 1.165) is 44.7 Å². The number of nitrogens with one attached hydrogen (secondary N) is 2. The van der Waals surface area contributed by atoms with Crippen LogP contribution in [0.4, 0.5) is 5.69 Å². The Labute approximate surface area is 206 Å². The summed E-state index contributed by atoms with van der Waals surface area (Å²) in [5, 5.41) is 6.97. The largest absolute Gasteiger partial charge is 0.368 e. The van der Waals surface area contributed by atoms with E-state index >= 15 is 0 Å². The zero-order valence-corrected chi connectivity index (χ0v) is 20.8. The number of nitrogens with zero attached hydrogens (tertiary/aromatic N) is 4. The highest BCUT2D eigenvalue weighted by Gasteiger charge is 2.20. The molecule has 7 nitrogen and oxygen atoms in total. The minimum Gasteiger partial charge on any atom is -0.368 e. The van der Waals surface area contributed by atoms with Crippen LogP contribution in [0.2, 0.25) is 5.15 Å². The van der Waals surface area contributed by atoms with Gasteiger partial charge in [0.05, 0.1) is 0 Å². The van der Waals surface area contributed by atoms with Gasteiger partial charge in [0.1, 0.15) is 5.15 Å². The summed E-state index contributed by atoms with van der Waals surface area (Å²) < 4.78 is 0. The van der Waals surface area contributed by atoms with Gasteiger partial charge in [0, 0.05) is 64.6 Å². The average Bonchev–Trinajstić information content (AvgIpc) is 2.80. The van der Waals surface area contributed by atoms with Crippen molar-refractivity contribution in [2.75, 3.05) is 51.2 Å². The fourth-order valence-corrected chi connectivity index (χ4v) is 3.51. The van der Waals surface area contributed by atoms with E-state index in [9.17, 15) is 4.79 Å². The maximum atomic E-state index is 12.5. The number of hydrogen-bond donors (Lipinski definition) is 2. The number of anilines is 1. The Bertz CT molecular complexity index is 826. The number of carbonyl (C=O) groups excluding carboxylic acids is 1. The molecule has 31 heavy (non-hydrogen) atoms. The van der Waals surface area contributed by atoms with E-state index in [1.807, 2.05) is 29.2 Å². The van der Waals surface area contributed by atoms with E-state index in [0.29, 0.717) is 24.1 Å². The molecule has 0 radical (unpaired) electrons. The van der Waals surface area contributed by atoms with Crippen LogP contribution in [0, 0.1) is 0 Å². The van der Waals surface area contributed by atoms with Crippen molar-refractivity contribution in [2.24, 2.45) is 4.99 Å². The van der Waals surface area contributed by atoms with Crippen LogP contribution >= 0.6 is 35.6 Å². The maximum absolute atomic E-state index is 12.5. The van der Waals surface area contributed by atoms with Crippen LogP contribution in [0.1, 0.15) is 12.0 Å². The van der Waals surface area contributed by atoms with Crippen LogP contribution in [0.15, 0.2) is 53.7 Å². The summed E-state index contributed by atoms with van der Waals surface area (Å²) in [6.07, 6.45) is 3.04. The summed E-state index contributed by atoms with van der Waals surface area (Å²) in [4.78, 5) is 25.1. The van der Waals surface area contributed by atoms with Crippen molar-refractivity contribution in [1.82, 2.24) is 20.5 Å². The van der Waals surface area contributed by atoms with Crippen molar-refractivity contribution in [3.8, 4) is 0 Å². The number of halogens is 2. The van der Waals surface area contributed by atoms with Crippen molar-refractivity contribution >= 4 is 53.1 Å². The molecule has 0 saturated carbocycles. The normalized spacial score (nSPS) is 14.1. The molecule has 0 unspecified atom stereocenters. The van der Waals surface area contributed by atoms with Crippen LogP contribution in [0.3, 0.4) is 0 Å². The first kappa shape index (κ1) is 25.2. The predicted octanol–water partition coefficient (Wildman–Crippen LogP) is 2.80. The number of para-hydroxylation sites is 1. The third-order valence-corrected chi connectivity index (χ3v) is 5.33. The molecule has 2 N–H and O–H groups in total. The highest BCUT2D eigenvalue weighted by atomic mass is 127. The van der Waals surface area contributed by atoms with E-state index < -0.39 is 0 Å². The first-order valence-corrected chi connectivity index (χ1v) is 10.7. The van der Waals surface area contributed by atoms with Crippen LogP contribution in [-0.2, 0) is 11.2 Å². The first-order chi connectivity index (χ1) is 14.7. The molecule has 9 heteroatoms. The lowest BCUT2D eigenvalue weighted by Crippen LogP contribution is -2.49. The Kier molecular flexibility index (Phi) is 10.9. The van der Waals surface area contributed by atoms with Crippen molar-refractivity contribution in [3.63, 3.8) is 0 Å². The van der Waals surface area contributed by atoms with Gasteiger partial charge in [-0.1, -0.05) is 35.9 Å². The zero-order chi connectivity index (χ0) is 21.2. The van der Waals surface area contributed by atoms with Crippen LogP contribution < -0.4 is 15.5 Å². The molecule has 1 aliphatic rings. The zero-order valence-electron chi connectivity index (χ0n) is 17.8. The summed E-state index contributed by atoms with van der Waals surface area (Å²) in [6, 6.07) is 14.1. The molecule has 0 bridgehead atoms. The second-order valence-electron chi connectivity index (χ2n) is 7.12. The molecule has 168 valence electrons. The van der Waals surface area contributed by atoms with Gasteiger partial charge in [-0.05, 0) is 30.2 Å². The van der Waals surface area contributed by atoms with Gasteiger partial charge in [-0.2, -0.15) is 0 Å². The van der Waals surface area contributed by atoms with E-state index in [1.54, 1.807) is 19.3 Å². The summed E-state index contributed by atoms with van der Waals surface area (Å²) in [6.45, 7) is 4.53. The number of hydrogen-bond acceptors (Lipinski definition) is 4. The second-order valence-corrected chi connectivity index (χ2v) is 7.51. The van der Waals surface area contributed by atoms with Gasteiger partial charge in [-0.3, -0.25) is 9.79 Å². The van der Waals surface area contributed by atoms with Crippen molar-refractivity contribution < 1.29 is 4.79 Å². The first-order valence-electron chi connectivity index (χ1n) is 10.3. The van der Waals surface area contributed by atoms with Gasteiger partial charge >= 0.3 is 0 Å². The Morgan fingerprint density at radius 3 is 2.42 bits per heavy atom. The number of aromatic nitrogens is 1. The number of pyridine rings is 1. The maximum Gasteiger partial charge on any atom is 0.224 e. The van der Waals surface area contributed by atoms with Gasteiger partial charge in [0.2, 0.25) is 5.91 Å². The van der Waals surface area contributed by atoms with Gasteiger partial charge in [0.15, 0.2) is 5.96 Å². The molecule has 2 aromatic rings. The smallest absolute Gasteiger partial charge is 0.224 e. The Morgan fingerprint density at radius 2 is 1.77 bits per heavy atom. The Hall–Kier alpha value is -2.07. The average molecular weight is 557 g/mol. The van der Waals surface area contributed by atoms with Crippen LogP contribution in [-0.4, -0.2) is 68.1 Å². The minimum absolute atomic E-state index is 0. The van der Waals surface area contributed by atoms with Crippen molar-refractivity contribution in [2.45, 2.75) is 12.8 Å². The molecule has 1 aromatic heterocycles. The predicted molar refractivity (Wildman–Crippen MR) is 138 cm³/mol. The summed E-state index contributed by atoms with van der Waals surface area (Å²) in [5.74, 6) is 0.872. The highest BCUT2D eigenvalue weighted by Crippen LogP contribution is 2.15. The number of aliphatic imine (C=N–C) groups is 1. The number of piperazine rings is 1. The highest BCUT2D eigenvalue weighted by molar-refractivity contribution is 14.0. The summed E-state index contributed by atoms with van der Waals surface area (Å²) in [7, 11) is 1.73. The lowest BCUT2D eigenvalue weighted by atomic mass is 10.2. The molecule has 3 rings (SSSR count). The molecule has 0 aliphatic carbocycles. The molecular formula is C22H30ClIN6O. The number of benzene rings is 1. The van der Waals surface area contributed by atoms with Gasteiger partial charge in [-0.25, -0.2) is 4.98 Å². The minimum atomic E-state index is 0. The number of guanidine groups is 1. The molecule has 1 amide bonds. The monoisotopic (exact) mass is 556 g/mol. The molecule has 1 saturated heterocycles. The van der Waals surface area contributed by atoms with E-state index in [4.69, 9.17) is 11.6 Å². The van der Waals surface area contributed by atoms with E-state index in [1.165, 1.54) is 5.69 Å². The SMILES string of the molecule is CN=C(NCCC(=O)N1CCN(c2ccccc2)CC1)NCCc1ccc(Cl)nc1.I. The van der Waals surface area contributed by atoms with Crippen molar-refractivity contribution in [3.05, 3.63) is 59.4 Å². The molecule has 1 aromatic carbocycles. The third-order valence-electron chi connectivity index (χ3n) is 5.10. The quantitative estimate of drug-likeness (QED) is 0.238. The topological polar surface area (TPSA) is 72.9 Å². The second kappa shape index (κ2) is 13.4. The fourth-order valence-electron chi connectivity index (χ4n) is 3.40. The molecule has 1 fully saturated rings. The van der Waals surface area contributed by atoms with Gasteiger partial charge in [-0.15, -0.1) is 24.0 Å². The molecule has 1 aliphatic heterocycles. The summed E-state index contributed by atoms with van der Waals surface area (Å²) >= 11 is 5.80. The number of amides is 1. The molecular weight excluding hydrogens is 527 g/mol. The van der Waals surface area contributed by atoms with Crippen molar-refractivity contribution in [1.29, 1.82) is 0 Å². The molecule has 0 atom stereocenters. The van der Waals surface area contributed by atoms with Gasteiger partial charge < -0.3 is 20.4 Å². The third kappa shape index (κ3) is 8.17. The molecule has 0 spiro atoms. The van der Waals surface area contributed by atoms with E-state index in [-0.39, 0.29) is 29.9 Å². The number of rotatable bonds is 7. The van der Waals surface area contributed by atoms with E-state index in [2.05, 4.69) is 37.6 Å². The number of carbonyl (C=O) groups is 1. The molecule has 2 heterocycles. The Balaban J connectivity index is 0.00000341. The lowest BCUT2D eigenvalue weighted by Gasteiger charge is -2.36. The lowest BCUT2D eigenvalue weighted by molar-refractivity contribution is -0.131. The Morgan fingerprint density at radius 1 is 1.06 bits per heavy atom. The van der Waals surface area contributed by atoms with Crippen LogP contribution in [0.25, 0.3) is 0 Å². The fraction of sp³-hybridized carbons (Fsp3) is 0.409.